The van der Waals surface area contributed by atoms with Crippen molar-refractivity contribution in [2.45, 2.75) is 19.1 Å². The maximum Gasteiger partial charge on any atom is 0.416 e. The van der Waals surface area contributed by atoms with Crippen molar-refractivity contribution < 1.29 is 27.4 Å². The van der Waals surface area contributed by atoms with Crippen LogP contribution in [0.4, 0.5) is 17.6 Å². The lowest BCUT2D eigenvalue weighted by atomic mass is 9.76. The van der Waals surface area contributed by atoms with Crippen molar-refractivity contribution in [3.8, 4) is 0 Å². The summed E-state index contributed by atoms with van der Waals surface area (Å²) in [6, 6.07) is 2.50. The molecular weight excluding hydrogens is 314 g/mol. The molecule has 2 saturated heterocycles. The van der Waals surface area contributed by atoms with Crippen molar-refractivity contribution in [1.82, 2.24) is 4.90 Å². The van der Waals surface area contributed by atoms with Gasteiger partial charge in [-0.2, -0.15) is 13.2 Å². The number of likely N-dealkylation sites (tertiary alicyclic amines) is 1. The first-order valence-electron chi connectivity index (χ1n) is 7.61. The maximum atomic E-state index is 13.9. The van der Waals surface area contributed by atoms with Crippen LogP contribution in [0.3, 0.4) is 0 Å². The average Bonchev–Trinajstić information content (AvgIpc) is 2.87. The minimum absolute atomic E-state index is 0.0285. The van der Waals surface area contributed by atoms with E-state index in [0.29, 0.717) is 26.3 Å². The Bertz CT molecular complexity index is 578. The van der Waals surface area contributed by atoms with Gasteiger partial charge >= 0.3 is 6.18 Å². The number of hydrogen-bond donors (Lipinski definition) is 1. The van der Waals surface area contributed by atoms with E-state index in [1.807, 2.05) is 4.90 Å². The molecule has 0 spiro atoms. The molecule has 0 saturated carbocycles. The van der Waals surface area contributed by atoms with E-state index in [9.17, 15) is 22.7 Å². The Morgan fingerprint density at radius 2 is 2.13 bits per heavy atom. The van der Waals surface area contributed by atoms with E-state index in [1.54, 1.807) is 0 Å². The lowest BCUT2D eigenvalue weighted by molar-refractivity contribution is -0.137. The molecular formula is C16H19F4NO2. The first-order valence-corrected chi connectivity index (χ1v) is 7.61. The lowest BCUT2D eigenvalue weighted by Crippen LogP contribution is -2.42. The summed E-state index contributed by atoms with van der Waals surface area (Å²) in [6.07, 6.45) is -3.68. The summed E-state index contributed by atoms with van der Waals surface area (Å²) in [6.45, 7) is 2.28. The second kappa shape index (κ2) is 6.03. The van der Waals surface area contributed by atoms with Gasteiger partial charge in [-0.1, -0.05) is 0 Å². The highest BCUT2D eigenvalue weighted by Gasteiger charge is 2.48. The van der Waals surface area contributed by atoms with Crippen LogP contribution in [-0.4, -0.2) is 42.9 Å². The molecule has 3 rings (SSSR count). The normalized spacial score (nSPS) is 28.8. The molecule has 2 fully saturated rings. The number of ether oxygens (including phenoxy) is 1. The largest absolute Gasteiger partial charge is 0.416 e. The first kappa shape index (κ1) is 16.7. The van der Waals surface area contributed by atoms with Crippen LogP contribution in [0.5, 0.6) is 0 Å². The van der Waals surface area contributed by atoms with E-state index in [1.165, 1.54) is 0 Å². The second-order valence-electron chi connectivity index (χ2n) is 6.53. The summed E-state index contributed by atoms with van der Waals surface area (Å²) >= 11 is 0. The molecule has 2 heterocycles. The van der Waals surface area contributed by atoms with Gasteiger partial charge in [-0.15, -0.1) is 0 Å². The SMILES string of the molecule is OC[C@]12COCC[C@H]1CN(Cc1cc(C(F)(F)F)ccc1F)C2. The summed E-state index contributed by atoms with van der Waals surface area (Å²) in [5, 5.41) is 9.71. The van der Waals surface area contributed by atoms with Crippen LogP contribution >= 0.6 is 0 Å². The van der Waals surface area contributed by atoms with Crippen molar-refractivity contribution >= 4 is 0 Å². The number of hydrogen-bond acceptors (Lipinski definition) is 3. The summed E-state index contributed by atoms with van der Waals surface area (Å²) < 4.78 is 57.7. The predicted octanol–water partition coefficient (Wildman–Crippen LogP) is 2.68. The predicted molar refractivity (Wildman–Crippen MR) is 75.1 cm³/mol. The Hall–Kier alpha value is -1.18. The lowest BCUT2D eigenvalue weighted by Gasteiger charge is -2.36. The third kappa shape index (κ3) is 3.22. The zero-order chi connectivity index (χ0) is 16.7. The van der Waals surface area contributed by atoms with Gasteiger partial charge in [0.05, 0.1) is 18.8 Å². The Labute approximate surface area is 131 Å². The molecule has 0 bridgehead atoms. The van der Waals surface area contributed by atoms with Gasteiger partial charge in [-0.25, -0.2) is 4.39 Å². The minimum atomic E-state index is -4.48. The average molecular weight is 333 g/mol. The fourth-order valence-corrected chi connectivity index (χ4v) is 3.66. The molecule has 2 atom stereocenters. The van der Waals surface area contributed by atoms with Gasteiger partial charge < -0.3 is 9.84 Å². The molecule has 1 N–H and O–H groups in total. The minimum Gasteiger partial charge on any atom is -0.396 e. The van der Waals surface area contributed by atoms with E-state index >= 15 is 0 Å². The number of rotatable bonds is 3. The van der Waals surface area contributed by atoms with Crippen molar-refractivity contribution in [3.05, 3.63) is 35.1 Å². The summed E-state index contributed by atoms with van der Waals surface area (Å²) in [5.41, 5.74) is -1.19. The molecule has 0 aromatic heterocycles. The third-order valence-corrected chi connectivity index (χ3v) is 4.97. The molecule has 0 unspecified atom stereocenters. The zero-order valence-corrected chi connectivity index (χ0v) is 12.6. The van der Waals surface area contributed by atoms with Gasteiger partial charge in [0.25, 0.3) is 0 Å². The standard InChI is InChI=1S/C16H19F4NO2/c17-14-2-1-12(16(18,19)20)5-11(14)6-21-7-13-3-4-23-10-15(13,8-21)9-22/h1-2,5,13,22H,3-4,6-10H2/t13-,15+/m0/s1. The topological polar surface area (TPSA) is 32.7 Å². The highest BCUT2D eigenvalue weighted by Crippen LogP contribution is 2.41. The number of fused-ring (bicyclic) bond motifs is 1. The van der Waals surface area contributed by atoms with Crippen molar-refractivity contribution in [1.29, 1.82) is 0 Å². The maximum absolute atomic E-state index is 13.9. The van der Waals surface area contributed by atoms with E-state index in [4.69, 9.17) is 4.74 Å². The summed E-state index contributed by atoms with van der Waals surface area (Å²) in [5.74, 6) is -0.405. The molecule has 23 heavy (non-hydrogen) atoms. The van der Waals surface area contributed by atoms with Crippen molar-refractivity contribution in [3.63, 3.8) is 0 Å². The number of halogens is 4. The van der Waals surface area contributed by atoms with Gasteiger partial charge in [0.15, 0.2) is 0 Å². The number of aliphatic hydroxyl groups excluding tert-OH is 1. The fourth-order valence-electron chi connectivity index (χ4n) is 3.66. The first-order chi connectivity index (χ1) is 10.8. The van der Waals surface area contributed by atoms with E-state index in [-0.39, 0.29) is 30.0 Å². The molecule has 2 aliphatic heterocycles. The smallest absolute Gasteiger partial charge is 0.396 e. The molecule has 0 radical (unpaired) electrons. The van der Waals surface area contributed by atoms with Gasteiger partial charge in [0, 0.05) is 37.2 Å². The monoisotopic (exact) mass is 333 g/mol. The Kier molecular flexibility index (Phi) is 4.37. The second-order valence-corrected chi connectivity index (χ2v) is 6.53. The van der Waals surface area contributed by atoms with Gasteiger partial charge in [0.2, 0.25) is 0 Å². The number of nitrogens with zero attached hydrogens (tertiary/aromatic N) is 1. The number of alkyl halides is 3. The van der Waals surface area contributed by atoms with E-state index in [0.717, 1.165) is 24.6 Å². The Balaban J connectivity index is 1.78. The van der Waals surface area contributed by atoms with Crippen LogP contribution in [0.25, 0.3) is 0 Å². The third-order valence-electron chi connectivity index (χ3n) is 4.97. The number of aliphatic hydroxyl groups is 1. The van der Waals surface area contributed by atoms with Crippen LogP contribution < -0.4 is 0 Å². The number of benzene rings is 1. The molecule has 0 amide bonds. The Morgan fingerprint density at radius 3 is 2.78 bits per heavy atom. The molecule has 1 aromatic rings. The van der Waals surface area contributed by atoms with Crippen molar-refractivity contribution in [2.24, 2.45) is 11.3 Å². The van der Waals surface area contributed by atoms with Crippen LogP contribution in [0.1, 0.15) is 17.5 Å². The molecule has 7 heteroatoms. The summed E-state index contributed by atoms with van der Waals surface area (Å²) in [4.78, 5) is 1.91. The Morgan fingerprint density at radius 1 is 1.35 bits per heavy atom. The van der Waals surface area contributed by atoms with Crippen LogP contribution in [-0.2, 0) is 17.5 Å². The van der Waals surface area contributed by atoms with Gasteiger partial charge in [0.1, 0.15) is 5.82 Å². The van der Waals surface area contributed by atoms with Crippen LogP contribution in [0.2, 0.25) is 0 Å². The molecule has 1 aromatic carbocycles. The van der Waals surface area contributed by atoms with Crippen LogP contribution in [0, 0.1) is 17.2 Å². The highest BCUT2D eigenvalue weighted by atomic mass is 19.4. The van der Waals surface area contributed by atoms with Gasteiger partial charge in [-0.05, 0) is 30.5 Å². The molecule has 3 nitrogen and oxygen atoms in total. The molecule has 128 valence electrons. The molecule has 2 aliphatic rings. The van der Waals surface area contributed by atoms with Crippen LogP contribution in [0.15, 0.2) is 18.2 Å². The fraction of sp³-hybridized carbons (Fsp3) is 0.625. The highest BCUT2D eigenvalue weighted by molar-refractivity contribution is 5.27. The zero-order valence-electron chi connectivity index (χ0n) is 12.6. The quantitative estimate of drug-likeness (QED) is 0.864. The molecule has 0 aliphatic carbocycles. The van der Waals surface area contributed by atoms with E-state index in [2.05, 4.69) is 0 Å². The van der Waals surface area contributed by atoms with E-state index < -0.39 is 17.6 Å². The van der Waals surface area contributed by atoms with Crippen molar-refractivity contribution in [2.75, 3.05) is 32.9 Å². The van der Waals surface area contributed by atoms with Gasteiger partial charge in [-0.3, -0.25) is 4.90 Å². The summed E-state index contributed by atoms with van der Waals surface area (Å²) in [7, 11) is 0.